The standard InChI is InChI=1S/C17H22Cl2N2O/c18-15-6-5-13(10-16(15)19)11-17(22)21-9-3-4-14(12-21)20-7-1-2-8-20/h5-6,10,14H,1-4,7-9,11-12H2. The molecule has 0 bridgehead atoms. The van der Waals surface area contributed by atoms with Gasteiger partial charge in [-0.15, -0.1) is 0 Å². The Labute approximate surface area is 142 Å². The molecule has 0 aliphatic carbocycles. The fourth-order valence-corrected chi connectivity index (χ4v) is 3.84. The molecule has 2 heterocycles. The summed E-state index contributed by atoms with van der Waals surface area (Å²) in [4.78, 5) is 17.1. The second-order valence-electron chi connectivity index (χ2n) is 6.30. The first kappa shape index (κ1) is 16.1. The molecular formula is C17H22Cl2N2O. The van der Waals surface area contributed by atoms with Crippen LogP contribution in [0.2, 0.25) is 10.0 Å². The summed E-state index contributed by atoms with van der Waals surface area (Å²) in [7, 11) is 0. The lowest BCUT2D eigenvalue weighted by Crippen LogP contribution is -2.49. The molecular weight excluding hydrogens is 319 g/mol. The van der Waals surface area contributed by atoms with E-state index in [4.69, 9.17) is 23.2 Å². The van der Waals surface area contributed by atoms with Gasteiger partial charge in [-0.1, -0.05) is 29.3 Å². The van der Waals surface area contributed by atoms with Crippen molar-refractivity contribution in [3.05, 3.63) is 33.8 Å². The number of benzene rings is 1. The Balaban J connectivity index is 1.60. The molecule has 1 unspecified atom stereocenters. The molecule has 2 fully saturated rings. The molecule has 22 heavy (non-hydrogen) atoms. The Bertz CT molecular complexity index is 543. The highest BCUT2D eigenvalue weighted by Crippen LogP contribution is 2.24. The minimum absolute atomic E-state index is 0.197. The van der Waals surface area contributed by atoms with E-state index in [2.05, 4.69) is 4.90 Å². The van der Waals surface area contributed by atoms with E-state index in [1.54, 1.807) is 12.1 Å². The Hall–Kier alpha value is -0.770. The fourth-order valence-electron chi connectivity index (χ4n) is 3.52. The van der Waals surface area contributed by atoms with Crippen molar-refractivity contribution >= 4 is 29.1 Å². The number of rotatable bonds is 3. The van der Waals surface area contributed by atoms with Crippen LogP contribution in [0.3, 0.4) is 0 Å². The third-order valence-corrected chi connectivity index (χ3v) is 5.48. The molecule has 0 radical (unpaired) electrons. The highest BCUT2D eigenvalue weighted by atomic mass is 35.5. The number of carbonyl (C=O) groups is 1. The first-order valence-corrected chi connectivity index (χ1v) is 8.85. The van der Waals surface area contributed by atoms with Gasteiger partial charge in [0.05, 0.1) is 16.5 Å². The number of likely N-dealkylation sites (tertiary alicyclic amines) is 2. The molecule has 0 aromatic heterocycles. The lowest BCUT2D eigenvalue weighted by atomic mass is 10.0. The predicted octanol–water partition coefficient (Wildman–Crippen LogP) is 3.62. The molecule has 2 aliphatic heterocycles. The van der Waals surface area contributed by atoms with E-state index in [9.17, 15) is 4.79 Å². The minimum atomic E-state index is 0.197. The summed E-state index contributed by atoms with van der Waals surface area (Å²) in [6, 6.07) is 5.99. The van der Waals surface area contributed by atoms with E-state index in [0.717, 1.165) is 25.1 Å². The van der Waals surface area contributed by atoms with Crippen molar-refractivity contribution in [3.63, 3.8) is 0 Å². The predicted molar refractivity (Wildman–Crippen MR) is 90.6 cm³/mol. The third kappa shape index (κ3) is 3.76. The van der Waals surface area contributed by atoms with Crippen molar-refractivity contribution in [1.29, 1.82) is 0 Å². The highest BCUT2D eigenvalue weighted by Gasteiger charge is 2.29. The van der Waals surface area contributed by atoms with Gasteiger partial charge in [0.15, 0.2) is 0 Å². The van der Waals surface area contributed by atoms with Gasteiger partial charge >= 0.3 is 0 Å². The van der Waals surface area contributed by atoms with E-state index in [0.29, 0.717) is 22.5 Å². The molecule has 120 valence electrons. The maximum atomic E-state index is 12.6. The number of hydrogen-bond acceptors (Lipinski definition) is 2. The molecule has 1 atom stereocenters. The van der Waals surface area contributed by atoms with Crippen molar-refractivity contribution in [3.8, 4) is 0 Å². The molecule has 1 aromatic carbocycles. The SMILES string of the molecule is O=C(Cc1ccc(Cl)c(Cl)c1)N1CCCC(N2CCCC2)C1. The maximum absolute atomic E-state index is 12.6. The van der Waals surface area contributed by atoms with Gasteiger partial charge in [0.1, 0.15) is 0 Å². The van der Waals surface area contributed by atoms with E-state index in [-0.39, 0.29) is 5.91 Å². The summed E-state index contributed by atoms with van der Waals surface area (Å²) < 4.78 is 0. The smallest absolute Gasteiger partial charge is 0.227 e. The van der Waals surface area contributed by atoms with E-state index in [1.165, 1.54) is 32.4 Å². The van der Waals surface area contributed by atoms with Gasteiger partial charge in [0.25, 0.3) is 0 Å². The Kier molecular flexibility index (Phi) is 5.27. The van der Waals surface area contributed by atoms with Crippen LogP contribution in [0.1, 0.15) is 31.2 Å². The Morgan fingerprint density at radius 2 is 1.86 bits per heavy atom. The van der Waals surface area contributed by atoms with E-state index < -0.39 is 0 Å². The molecule has 2 aliphatic rings. The second-order valence-corrected chi connectivity index (χ2v) is 7.12. The average molecular weight is 341 g/mol. The van der Waals surface area contributed by atoms with Crippen LogP contribution >= 0.6 is 23.2 Å². The number of piperidine rings is 1. The van der Waals surface area contributed by atoms with Crippen molar-refractivity contribution < 1.29 is 4.79 Å². The van der Waals surface area contributed by atoms with Gasteiger partial charge < -0.3 is 4.90 Å². The summed E-state index contributed by atoms with van der Waals surface area (Å²) in [5.74, 6) is 0.197. The average Bonchev–Trinajstić information content (AvgIpc) is 3.05. The summed E-state index contributed by atoms with van der Waals surface area (Å²) in [6.45, 7) is 4.14. The molecule has 2 saturated heterocycles. The van der Waals surface area contributed by atoms with Crippen LogP contribution in [0.5, 0.6) is 0 Å². The largest absolute Gasteiger partial charge is 0.341 e. The number of hydrogen-bond donors (Lipinski definition) is 0. The summed E-state index contributed by atoms with van der Waals surface area (Å²) in [5, 5.41) is 1.05. The molecule has 0 spiro atoms. The van der Waals surface area contributed by atoms with Crippen LogP contribution in [0.15, 0.2) is 18.2 Å². The maximum Gasteiger partial charge on any atom is 0.227 e. The van der Waals surface area contributed by atoms with Gasteiger partial charge in [-0.2, -0.15) is 0 Å². The molecule has 0 N–H and O–H groups in total. The lowest BCUT2D eigenvalue weighted by molar-refractivity contribution is -0.132. The number of carbonyl (C=O) groups excluding carboxylic acids is 1. The lowest BCUT2D eigenvalue weighted by Gasteiger charge is -2.37. The molecule has 5 heteroatoms. The van der Waals surface area contributed by atoms with Crippen LogP contribution in [-0.4, -0.2) is 47.9 Å². The van der Waals surface area contributed by atoms with Crippen molar-refractivity contribution in [2.75, 3.05) is 26.2 Å². The van der Waals surface area contributed by atoms with Gasteiger partial charge in [0.2, 0.25) is 5.91 Å². The van der Waals surface area contributed by atoms with Gasteiger partial charge in [0, 0.05) is 19.1 Å². The normalized spacial score (nSPS) is 23.0. The zero-order valence-corrected chi connectivity index (χ0v) is 14.2. The highest BCUT2D eigenvalue weighted by molar-refractivity contribution is 6.42. The van der Waals surface area contributed by atoms with Crippen LogP contribution in [0.4, 0.5) is 0 Å². The van der Waals surface area contributed by atoms with Gasteiger partial charge in [-0.25, -0.2) is 0 Å². The van der Waals surface area contributed by atoms with Gasteiger partial charge in [-0.3, -0.25) is 9.69 Å². The van der Waals surface area contributed by atoms with Crippen LogP contribution in [0.25, 0.3) is 0 Å². The van der Waals surface area contributed by atoms with Gasteiger partial charge in [-0.05, 0) is 56.5 Å². The fraction of sp³-hybridized carbons (Fsp3) is 0.588. The van der Waals surface area contributed by atoms with Crippen LogP contribution in [0, 0.1) is 0 Å². The monoisotopic (exact) mass is 340 g/mol. The van der Waals surface area contributed by atoms with Crippen LogP contribution < -0.4 is 0 Å². The second kappa shape index (κ2) is 7.20. The summed E-state index contributed by atoms with van der Waals surface area (Å²) >= 11 is 12.0. The zero-order chi connectivity index (χ0) is 15.5. The molecule has 1 aromatic rings. The number of amides is 1. The van der Waals surface area contributed by atoms with Crippen molar-refractivity contribution in [2.45, 2.75) is 38.1 Å². The summed E-state index contributed by atoms with van der Waals surface area (Å²) in [6.07, 6.45) is 5.33. The van der Waals surface area contributed by atoms with E-state index >= 15 is 0 Å². The topological polar surface area (TPSA) is 23.6 Å². The number of halogens is 2. The first-order valence-electron chi connectivity index (χ1n) is 8.09. The zero-order valence-electron chi connectivity index (χ0n) is 12.7. The molecule has 1 amide bonds. The first-order chi connectivity index (χ1) is 10.6. The summed E-state index contributed by atoms with van der Waals surface area (Å²) in [5.41, 5.74) is 0.933. The Morgan fingerprint density at radius 3 is 2.59 bits per heavy atom. The van der Waals surface area contributed by atoms with Crippen molar-refractivity contribution in [1.82, 2.24) is 9.80 Å². The molecule has 3 rings (SSSR count). The van der Waals surface area contributed by atoms with E-state index in [1.807, 2.05) is 11.0 Å². The van der Waals surface area contributed by atoms with Crippen LogP contribution in [-0.2, 0) is 11.2 Å². The molecule has 3 nitrogen and oxygen atoms in total. The number of nitrogens with zero attached hydrogens (tertiary/aromatic N) is 2. The third-order valence-electron chi connectivity index (χ3n) is 4.75. The van der Waals surface area contributed by atoms with Crippen molar-refractivity contribution in [2.24, 2.45) is 0 Å². The Morgan fingerprint density at radius 1 is 1.09 bits per heavy atom. The molecule has 0 saturated carbocycles. The minimum Gasteiger partial charge on any atom is -0.341 e. The quantitative estimate of drug-likeness (QED) is 0.838.